The molecule has 2 aromatic carbocycles. The van der Waals surface area contributed by atoms with Gasteiger partial charge in [-0.15, -0.1) is 0 Å². The molecule has 0 aliphatic heterocycles. The quantitative estimate of drug-likeness (QED) is 0.881. The lowest BCUT2D eigenvalue weighted by atomic mass is 9.99. The van der Waals surface area contributed by atoms with Crippen molar-refractivity contribution in [2.45, 2.75) is 26.4 Å². The lowest BCUT2D eigenvalue weighted by Crippen LogP contribution is -2.14. The fourth-order valence-electron chi connectivity index (χ4n) is 1.67. The average molecular weight is 242 g/mol. The first-order valence-corrected chi connectivity index (χ1v) is 6.02. The van der Waals surface area contributed by atoms with Gasteiger partial charge in [0.1, 0.15) is 11.5 Å². The van der Waals surface area contributed by atoms with Crippen molar-refractivity contribution in [1.82, 2.24) is 0 Å². The fraction of sp³-hybridized carbons (Fsp3) is 0.250. The van der Waals surface area contributed by atoms with E-state index in [1.165, 1.54) is 5.56 Å². The molecule has 0 unspecified atom stereocenters. The van der Waals surface area contributed by atoms with Crippen molar-refractivity contribution in [3.05, 3.63) is 59.7 Å². The Morgan fingerprint density at radius 2 is 1.28 bits per heavy atom. The van der Waals surface area contributed by atoms with Gasteiger partial charge in [0.15, 0.2) is 0 Å². The highest BCUT2D eigenvalue weighted by Gasteiger charge is 2.15. The first kappa shape index (κ1) is 12.7. The Morgan fingerprint density at radius 3 is 1.72 bits per heavy atom. The van der Waals surface area contributed by atoms with E-state index in [1.807, 2.05) is 55.5 Å². The summed E-state index contributed by atoms with van der Waals surface area (Å²) in [5.41, 5.74) is 1.26. The molecule has 0 saturated carbocycles. The van der Waals surface area contributed by atoms with Crippen LogP contribution in [0.3, 0.4) is 0 Å². The standard InChI is InChI=1S/C16H18O2/c1-12-4-8-14(9-5-12)18-15-10-6-13(7-11-15)16(2,3)17/h4-11,17H,1-3H3. The topological polar surface area (TPSA) is 29.5 Å². The maximum atomic E-state index is 9.86. The van der Waals surface area contributed by atoms with E-state index in [0.29, 0.717) is 0 Å². The molecule has 94 valence electrons. The highest BCUT2D eigenvalue weighted by atomic mass is 16.5. The normalized spacial score (nSPS) is 11.3. The molecule has 0 spiro atoms. The summed E-state index contributed by atoms with van der Waals surface area (Å²) < 4.78 is 5.72. The van der Waals surface area contributed by atoms with Gasteiger partial charge in [-0.25, -0.2) is 0 Å². The Kier molecular flexibility index (Phi) is 3.39. The van der Waals surface area contributed by atoms with Gasteiger partial charge in [0.25, 0.3) is 0 Å². The predicted octanol–water partition coefficient (Wildman–Crippen LogP) is 4.01. The molecule has 0 atom stereocenters. The Morgan fingerprint density at radius 1 is 0.833 bits per heavy atom. The van der Waals surface area contributed by atoms with Crippen molar-refractivity contribution in [2.24, 2.45) is 0 Å². The van der Waals surface area contributed by atoms with E-state index >= 15 is 0 Å². The number of aryl methyl sites for hydroxylation is 1. The number of ether oxygens (including phenoxy) is 1. The van der Waals surface area contributed by atoms with Crippen LogP contribution in [0.5, 0.6) is 11.5 Å². The van der Waals surface area contributed by atoms with Crippen molar-refractivity contribution in [2.75, 3.05) is 0 Å². The third kappa shape index (κ3) is 3.11. The summed E-state index contributed by atoms with van der Waals surface area (Å²) in [6, 6.07) is 15.4. The number of aliphatic hydroxyl groups is 1. The van der Waals surface area contributed by atoms with Gasteiger partial charge in [-0.3, -0.25) is 0 Å². The van der Waals surface area contributed by atoms with Crippen LogP contribution in [0, 0.1) is 6.92 Å². The minimum atomic E-state index is -0.817. The van der Waals surface area contributed by atoms with Crippen LogP contribution in [0.1, 0.15) is 25.0 Å². The summed E-state index contributed by atoms with van der Waals surface area (Å²) in [5, 5.41) is 9.86. The Bertz CT molecular complexity index is 504. The molecule has 0 radical (unpaired) electrons. The summed E-state index contributed by atoms with van der Waals surface area (Å²) in [5.74, 6) is 1.59. The van der Waals surface area contributed by atoms with Crippen molar-refractivity contribution in [3.8, 4) is 11.5 Å². The molecule has 2 heteroatoms. The van der Waals surface area contributed by atoms with Gasteiger partial charge in [0.2, 0.25) is 0 Å². The van der Waals surface area contributed by atoms with Crippen LogP contribution in [-0.2, 0) is 5.60 Å². The number of hydrogen-bond donors (Lipinski definition) is 1. The summed E-state index contributed by atoms with van der Waals surface area (Å²) in [7, 11) is 0. The zero-order valence-electron chi connectivity index (χ0n) is 11.0. The second kappa shape index (κ2) is 4.83. The maximum absolute atomic E-state index is 9.86. The summed E-state index contributed by atoms with van der Waals surface area (Å²) in [6.45, 7) is 5.58. The third-order valence-electron chi connectivity index (χ3n) is 2.82. The van der Waals surface area contributed by atoms with Crippen LogP contribution in [0.2, 0.25) is 0 Å². The van der Waals surface area contributed by atoms with E-state index in [2.05, 4.69) is 0 Å². The highest BCUT2D eigenvalue weighted by molar-refractivity contribution is 5.35. The van der Waals surface area contributed by atoms with Crippen molar-refractivity contribution in [1.29, 1.82) is 0 Å². The van der Waals surface area contributed by atoms with Gasteiger partial charge in [-0.05, 0) is 50.6 Å². The van der Waals surface area contributed by atoms with Crippen LogP contribution in [0.15, 0.2) is 48.5 Å². The number of rotatable bonds is 3. The molecular formula is C16H18O2. The first-order chi connectivity index (χ1) is 8.45. The molecule has 0 aliphatic rings. The molecule has 0 aliphatic carbocycles. The first-order valence-electron chi connectivity index (χ1n) is 6.02. The Labute approximate surface area is 108 Å². The molecule has 0 heterocycles. The molecule has 2 aromatic rings. The zero-order chi connectivity index (χ0) is 13.2. The van der Waals surface area contributed by atoms with Crippen LogP contribution in [0.4, 0.5) is 0 Å². The molecule has 0 fully saturated rings. The van der Waals surface area contributed by atoms with Crippen LogP contribution < -0.4 is 4.74 Å². The molecule has 2 rings (SSSR count). The molecule has 0 bridgehead atoms. The van der Waals surface area contributed by atoms with E-state index in [1.54, 1.807) is 13.8 Å². The average Bonchev–Trinajstić information content (AvgIpc) is 2.32. The van der Waals surface area contributed by atoms with E-state index in [4.69, 9.17) is 4.74 Å². The molecule has 0 amide bonds. The number of benzene rings is 2. The second-order valence-electron chi connectivity index (χ2n) is 5.00. The third-order valence-corrected chi connectivity index (χ3v) is 2.82. The van der Waals surface area contributed by atoms with Gasteiger partial charge >= 0.3 is 0 Å². The molecule has 0 aromatic heterocycles. The van der Waals surface area contributed by atoms with Gasteiger partial charge in [-0.1, -0.05) is 29.8 Å². The van der Waals surface area contributed by atoms with Crippen molar-refractivity contribution < 1.29 is 9.84 Å². The SMILES string of the molecule is Cc1ccc(Oc2ccc(C(C)(C)O)cc2)cc1. The fourth-order valence-corrected chi connectivity index (χ4v) is 1.67. The van der Waals surface area contributed by atoms with Gasteiger partial charge < -0.3 is 9.84 Å². The van der Waals surface area contributed by atoms with E-state index in [-0.39, 0.29) is 0 Å². The highest BCUT2D eigenvalue weighted by Crippen LogP contribution is 2.25. The van der Waals surface area contributed by atoms with E-state index in [0.717, 1.165) is 17.1 Å². The Hall–Kier alpha value is -1.80. The summed E-state index contributed by atoms with van der Waals surface area (Å²) in [6.07, 6.45) is 0. The smallest absolute Gasteiger partial charge is 0.127 e. The van der Waals surface area contributed by atoms with Gasteiger partial charge in [0, 0.05) is 0 Å². The monoisotopic (exact) mass is 242 g/mol. The second-order valence-corrected chi connectivity index (χ2v) is 5.00. The molecule has 0 saturated heterocycles. The van der Waals surface area contributed by atoms with Crippen molar-refractivity contribution >= 4 is 0 Å². The number of hydrogen-bond acceptors (Lipinski definition) is 2. The Balaban J connectivity index is 2.13. The van der Waals surface area contributed by atoms with E-state index in [9.17, 15) is 5.11 Å². The minimum Gasteiger partial charge on any atom is -0.457 e. The largest absolute Gasteiger partial charge is 0.457 e. The lowest BCUT2D eigenvalue weighted by molar-refractivity contribution is 0.0786. The molecule has 18 heavy (non-hydrogen) atoms. The summed E-state index contributed by atoms with van der Waals surface area (Å²) >= 11 is 0. The van der Waals surface area contributed by atoms with E-state index < -0.39 is 5.60 Å². The predicted molar refractivity (Wildman–Crippen MR) is 72.9 cm³/mol. The molecule has 2 nitrogen and oxygen atoms in total. The van der Waals surface area contributed by atoms with Crippen LogP contribution in [0.25, 0.3) is 0 Å². The lowest BCUT2D eigenvalue weighted by Gasteiger charge is -2.17. The van der Waals surface area contributed by atoms with Gasteiger partial charge in [0.05, 0.1) is 5.60 Å². The maximum Gasteiger partial charge on any atom is 0.127 e. The molecule has 1 N–H and O–H groups in total. The van der Waals surface area contributed by atoms with Crippen molar-refractivity contribution in [3.63, 3.8) is 0 Å². The van der Waals surface area contributed by atoms with Gasteiger partial charge in [-0.2, -0.15) is 0 Å². The van der Waals surface area contributed by atoms with Crippen LogP contribution >= 0.6 is 0 Å². The molecular weight excluding hydrogens is 224 g/mol. The minimum absolute atomic E-state index is 0.770. The van der Waals surface area contributed by atoms with Crippen LogP contribution in [-0.4, -0.2) is 5.11 Å². The summed E-state index contributed by atoms with van der Waals surface area (Å²) in [4.78, 5) is 0. The zero-order valence-corrected chi connectivity index (χ0v) is 11.0.